The Morgan fingerprint density at radius 3 is 2.44 bits per heavy atom. The molecule has 32 heavy (non-hydrogen) atoms. The van der Waals surface area contributed by atoms with Crippen molar-refractivity contribution in [1.82, 2.24) is 0 Å². The van der Waals surface area contributed by atoms with Crippen molar-refractivity contribution in [3.8, 4) is 18.1 Å². The van der Waals surface area contributed by atoms with E-state index in [1.165, 1.54) is 0 Å². The Morgan fingerprint density at radius 1 is 1.00 bits per heavy atom. The summed E-state index contributed by atoms with van der Waals surface area (Å²) in [5.74, 6) is 3.10. The average Bonchev–Trinajstić information content (AvgIpc) is 2.80. The normalized spacial score (nSPS) is 25.3. The maximum Gasteiger partial charge on any atom is 0.119 e. The summed E-state index contributed by atoms with van der Waals surface area (Å²) in [6, 6.07) is 12.7. The molecular weight excluding hydrogens is 436 g/mol. The van der Waals surface area contributed by atoms with Gasteiger partial charge in [-0.2, -0.15) is 0 Å². The molecule has 0 amide bonds. The van der Waals surface area contributed by atoms with E-state index in [0.29, 0.717) is 36.0 Å². The van der Waals surface area contributed by atoms with Gasteiger partial charge in [-0.1, -0.05) is 41.8 Å². The summed E-state index contributed by atoms with van der Waals surface area (Å²) >= 11 is 6.39. The average molecular weight is 463 g/mol. The minimum absolute atomic E-state index is 0.255. The van der Waals surface area contributed by atoms with Crippen LogP contribution in [0.25, 0.3) is 0 Å². The van der Waals surface area contributed by atoms with E-state index in [1.807, 2.05) is 24.3 Å². The summed E-state index contributed by atoms with van der Waals surface area (Å²) < 4.78 is 16.4. The lowest BCUT2D eigenvalue weighted by Gasteiger charge is -2.40. The number of ether oxygens (including phenoxy) is 3. The zero-order valence-corrected chi connectivity index (χ0v) is 18.2. The Kier molecular flexibility index (Phi) is 8.91. The van der Waals surface area contributed by atoms with Gasteiger partial charge in [-0.05, 0) is 41.3 Å². The number of aliphatic hydroxyl groups is 4. The Bertz CT molecular complexity index is 910. The smallest absolute Gasteiger partial charge is 0.119 e. The van der Waals surface area contributed by atoms with Crippen LogP contribution in [0.5, 0.6) is 5.75 Å². The molecule has 1 fully saturated rings. The van der Waals surface area contributed by atoms with Crippen LogP contribution in [0.1, 0.15) is 22.8 Å². The third-order valence-electron chi connectivity index (χ3n) is 5.29. The topological polar surface area (TPSA) is 109 Å². The van der Waals surface area contributed by atoms with E-state index >= 15 is 0 Å². The third kappa shape index (κ3) is 6.00. The monoisotopic (exact) mass is 462 g/mol. The maximum atomic E-state index is 10.4. The molecule has 0 spiro atoms. The second-order valence-electron chi connectivity index (χ2n) is 7.53. The van der Waals surface area contributed by atoms with Crippen LogP contribution in [0.15, 0.2) is 42.5 Å². The lowest BCUT2D eigenvalue weighted by atomic mass is 9.90. The van der Waals surface area contributed by atoms with Crippen molar-refractivity contribution in [3.63, 3.8) is 0 Å². The highest BCUT2D eigenvalue weighted by molar-refractivity contribution is 6.31. The van der Waals surface area contributed by atoms with Gasteiger partial charge in [0.15, 0.2) is 0 Å². The van der Waals surface area contributed by atoms with Gasteiger partial charge >= 0.3 is 0 Å². The Hall–Kier alpha value is -2.15. The van der Waals surface area contributed by atoms with Crippen molar-refractivity contribution in [2.75, 3.05) is 26.4 Å². The standard InChI is InChI=1S/C24H27ClO7/c1-2-9-30-10-11-31-18-6-3-15(4-7-18)12-17-13-16(5-8-19(17)25)24-23(29)22(28)21(27)20(14-26)32-24/h1,3-8,13,20-24,26-29H,9-12,14H2/t20-,21-,22?,23-,24-/m1/s1. The predicted octanol–water partition coefficient (Wildman–Crippen LogP) is 1.47. The Morgan fingerprint density at radius 2 is 1.75 bits per heavy atom. The van der Waals surface area contributed by atoms with Crippen molar-refractivity contribution in [2.24, 2.45) is 0 Å². The fraction of sp³-hybridized carbons (Fsp3) is 0.417. The number of halogens is 1. The highest BCUT2D eigenvalue weighted by Crippen LogP contribution is 2.34. The lowest BCUT2D eigenvalue weighted by Crippen LogP contribution is -2.55. The van der Waals surface area contributed by atoms with Gasteiger partial charge in [-0.3, -0.25) is 0 Å². The summed E-state index contributed by atoms with van der Waals surface area (Å²) in [5.41, 5.74) is 2.39. The summed E-state index contributed by atoms with van der Waals surface area (Å²) in [7, 11) is 0. The molecule has 0 aliphatic carbocycles. The second-order valence-corrected chi connectivity index (χ2v) is 7.93. The fourth-order valence-corrected chi connectivity index (χ4v) is 3.74. The number of rotatable bonds is 9. The van der Waals surface area contributed by atoms with E-state index in [2.05, 4.69) is 5.92 Å². The van der Waals surface area contributed by atoms with Crippen LogP contribution in [0, 0.1) is 12.3 Å². The van der Waals surface area contributed by atoms with Crippen LogP contribution in [-0.4, -0.2) is 71.3 Å². The highest BCUT2D eigenvalue weighted by atomic mass is 35.5. The van der Waals surface area contributed by atoms with E-state index < -0.39 is 37.1 Å². The number of terminal acetylenes is 1. The fourth-order valence-electron chi connectivity index (χ4n) is 3.56. The zero-order valence-electron chi connectivity index (χ0n) is 17.4. The first-order chi connectivity index (χ1) is 15.4. The van der Waals surface area contributed by atoms with Gasteiger partial charge in [0.25, 0.3) is 0 Å². The molecule has 0 saturated carbocycles. The summed E-state index contributed by atoms with van der Waals surface area (Å²) in [6.07, 6.45) is -0.417. The van der Waals surface area contributed by atoms with E-state index in [-0.39, 0.29) is 6.61 Å². The highest BCUT2D eigenvalue weighted by Gasteiger charge is 2.44. The van der Waals surface area contributed by atoms with Crippen LogP contribution < -0.4 is 4.74 Å². The van der Waals surface area contributed by atoms with Crippen LogP contribution in [0.4, 0.5) is 0 Å². The molecule has 2 aromatic carbocycles. The molecule has 1 heterocycles. The molecule has 5 atom stereocenters. The molecule has 1 aliphatic rings. The van der Waals surface area contributed by atoms with E-state index in [4.69, 9.17) is 32.2 Å². The van der Waals surface area contributed by atoms with Crippen molar-refractivity contribution in [2.45, 2.75) is 36.9 Å². The number of hydrogen-bond acceptors (Lipinski definition) is 7. The molecule has 8 heteroatoms. The van der Waals surface area contributed by atoms with Crippen LogP contribution in [0.2, 0.25) is 5.02 Å². The zero-order chi connectivity index (χ0) is 23.1. The SMILES string of the molecule is C#CCOCCOc1ccc(Cc2cc([C@H]3O[C@H](CO)[C@@H](O)C(O)[C@H]3O)ccc2Cl)cc1. The summed E-state index contributed by atoms with van der Waals surface area (Å²) in [6.45, 7) is 0.581. The minimum atomic E-state index is -1.44. The third-order valence-corrected chi connectivity index (χ3v) is 5.66. The first-order valence-corrected chi connectivity index (χ1v) is 10.6. The molecule has 7 nitrogen and oxygen atoms in total. The number of benzene rings is 2. The van der Waals surface area contributed by atoms with Crippen molar-refractivity contribution in [1.29, 1.82) is 0 Å². The van der Waals surface area contributed by atoms with Gasteiger partial charge in [0.2, 0.25) is 0 Å². The summed E-state index contributed by atoms with van der Waals surface area (Å²) in [4.78, 5) is 0. The van der Waals surface area contributed by atoms with Gasteiger partial charge in [-0.25, -0.2) is 0 Å². The molecule has 0 bridgehead atoms. The molecule has 0 radical (unpaired) electrons. The molecular formula is C24H27ClO7. The van der Waals surface area contributed by atoms with E-state index in [9.17, 15) is 20.4 Å². The molecule has 1 unspecified atom stereocenters. The second kappa shape index (κ2) is 11.6. The van der Waals surface area contributed by atoms with E-state index in [1.54, 1.807) is 18.2 Å². The molecule has 2 aromatic rings. The lowest BCUT2D eigenvalue weighted by molar-refractivity contribution is -0.231. The quantitative estimate of drug-likeness (QED) is 0.330. The predicted molar refractivity (Wildman–Crippen MR) is 119 cm³/mol. The summed E-state index contributed by atoms with van der Waals surface area (Å²) in [5, 5.41) is 40.4. The number of hydrogen-bond donors (Lipinski definition) is 4. The number of aliphatic hydroxyl groups excluding tert-OH is 4. The van der Waals surface area contributed by atoms with Gasteiger partial charge in [0.1, 0.15) is 49.5 Å². The Balaban J connectivity index is 1.68. The molecule has 3 rings (SSSR count). The molecule has 172 valence electrons. The Labute approximate surface area is 192 Å². The largest absolute Gasteiger partial charge is 0.491 e. The van der Waals surface area contributed by atoms with Crippen LogP contribution >= 0.6 is 11.6 Å². The first-order valence-electron chi connectivity index (χ1n) is 10.3. The molecule has 4 N–H and O–H groups in total. The van der Waals surface area contributed by atoms with Crippen LogP contribution in [0.3, 0.4) is 0 Å². The van der Waals surface area contributed by atoms with Crippen molar-refractivity contribution >= 4 is 11.6 Å². The van der Waals surface area contributed by atoms with Gasteiger partial charge in [0, 0.05) is 5.02 Å². The van der Waals surface area contributed by atoms with Gasteiger partial charge in [-0.15, -0.1) is 6.42 Å². The molecule has 1 aliphatic heterocycles. The van der Waals surface area contributed by atoms with E-state index in [0.717, 1.165) is 11.1 Å². The van der Waals surface area contributed by atoms with Crippen molar-refractivity contribution < 1.29 is 34.6 Å². The first kappa shape index (κ1) is 24.5. The maximum absolute atomic E-state index is 10.4. The van der Waals surface area contributed by atoms with Crippen molar-refractivity contribution in [3.05, 3.63) is 64.2 Å². The molecule has 1 saturated heterocycles. The van der Waals surface area contributed by atoms with Gasteiger partial charge < -0.3 is 34.6 Å². The van der Waals surface area contributed by atoms with Gasteiger partial charge in [0.05, 0.1) is 13.2 Å². The minimum Gasteiger partial charge on any atom is -0.491 e. The van der Waals surface area contributed by atoms with Crippen LogP contribution in [-0.2, 0) is 15.9 Å². The molecule has 0 aromatic heterocycles.